The quantitative estimate of drug-likeness (QED) is 0.354. The second kappa shape index (κ2) is 8.22. The maximum Gasteiger partial charge on any atom is 0.270 e. The Labute approximate surface area is 184 Å². The minimum Gasteiger partial charge on any atom is -0.298 e. The Morgan fingerprint density at radius 3 is 2.33 bits per heavy atom. The van der Waals surface area contributed by atoms with Crippen LogP contribution in [0.5, 0.6) is 0 Å². The summed E-state index contributed by atoms with van der Waals surface area (Å²) in [5.41, 5.74) is 4.53. The Bertz CT molecular complexity index is 1180. The summed E-state index contributed by atoms with van der Waals surface area (Å²) < 4.78 is 0. The average Bonchev–Trinajstić information content (AvgIpc) is 2.73. The average molecular weight is 433 g/mol. The van der Waals surface area contributed by atoms with E-state index in [-0.39, 0.29) is 10.7 Å². The predicted molar refractivity (Wildman–Crippen MR) is 124 cm³/mol. The monoisotopic (exact) mass is 432 g/mol. The molecule has 1 heterocycles. The van der Waals surface area contributed by atoms with E-state index < -0.39 is 11.8 Å². The second-order valence-corrected chi connectivity index (χ2v) is 7.75. The smallest absolute Gasteiger partial charge is 0.270 e. The van der Waals surface area contributed by atoms with Gasteiger partial charge in [0.25, 0.3) is 11.8 Å². The summed E-state index contributed by atoms with van der Waals surface area (Å²) in [5.74, 6) is -0.997. The van der Waals surface area contributed by atoms with Crippen LogP contribution in [0, 0.1) is 6.92 Å². The van der Waals surface area contributed by atoms with Crippen LogP contribution in [0.3, 0.4) is 0 Å². The van der Waals surface area contributed by atoms with E-state index >= 15 is 0 Å². The van der Waals surface area contributed by atoms with Gasteiger partial charge in [0.15, 0.2) is 5.11 Å². The summed E-state index contributed by atoms with van der Waals surface area (Å²) in [6.45, 7) is 2.04. The van der Waals surface area contributed by atoms with Gasteiger partial charge in [0.1, 0.15) is 5.57 Å². The molecule has 0 unspecified atom stereocenters. The van der Waals surface area contributed by atoms with Crippen molar-refractivity contribution in [3.05, 3.63) is 94.5 Å². The normalized spacial score (nSPS) is 15.5. The predicted octanol–water partition coefficient (Wildman–Crippen LogP) is 5.15. The number of nitrogens with zero attached hydrogens (tertiary/aromatic N) is 1. The third-order valence-corrected chi connectivity index (χ3v) is 5.31. The van der Waals surface area contributed by atoms with Crippen LogP contribution >= 0.6 is 23.8 Å². The number of halogens is 1. The highest BCUT2D eigenvalue weighted by Gasteiger charge is 2.34. The molecule has 30 heavy (non-hydrogen) atoms. The van der Waals surface area contributed by atoms with E-state index in [2.05, 4.69) is 5.32 Å². The molecule has 1 saturated heterocycles. The van der Waals surface area contributed by atoms with Gasteiger partial charge < -0.3 is 0 Å². The first-order valence-electron chi connectivity index (χ1n) is 9.26. The third kappa shape index (κ3) is 4.03. The standard InChI is InChI=1S/C24H17ClN2O2S/c1-15-5-7-17(8-6-15)18-4-2-3-16(13-18)14-21-22(28)26-24(30)27(23(21)29)20-11-9-19(25)10-12-20/h2-14H,1H3,(H,26,28,30)/b21-14-. The molecule has 3 aromatic rings. The molecule has 0 saturated carbocycles. The summed E-state index contributed by atoms with van der Waals surface area (Å²) in [4.78, 5) is 26.9. The lowest BCUT2D eigenvalue weighted by Crippen LogP contribution is -2.54. The van der Waals surface area contributed by atoms with Gasteiger partial charge in [0.05, 0.1) is 5.69 Å². The highest BCUT2D eigenvalue weighted by molar-refractivity contribution is 7.80. The first-order valence-corrected chi connectivity index (χ1v) is 10.0. The molecule has 6 heteroatoms. The summed E-state index contributed by atoms with van der Waals surface area (Å²) in [6.07, 6.45) is 1.58. The number of carbonyl (C=O) groups excluding carboxylic acids is 2. The fourth-order valence-corrected chi connectivity index (χ4v) is 3.61. The van der Waals surface area contributed by atoms with Crippen molar-refractivity contribution >= 4 is 52.5 Å². The maximum absolute atomic E-state index is 13.1. The summed E-state index contributed by atoms with van der Waals surface area (Å²) in [6, 6.07) is 22.5. The van der Waals surface area contributed by atoms with Crippen molar-refractivity contribution in [1.82, 2.24) is 5.32 Å². The molecule has 0 atom stereocenters. The van der Waals surface area contributed by atoms with Crippen LogP contribution in [0.1, 0.15) is 11.1 Å². The molecule has 1 aliphatic heterocycles. The van der Waals surface area contributed by atoms with Gasteiger partial charge in [-0.3, -0.25) is 19.8 Å². The number of aryl methyl sites for hydroxylation is 1. The lowest BCUT2D eigenvalue weighted by atomic mass is 10.00. The second-order valence-electron chi connectivity index (χ2n) is 6.93. The zero-order chi connectivity index (χ0) is 21.3. The van der Waals surface area contributed by atoms with Gasteiger partial charge in [0, 0.05) is 5.02 Å². The Kier molecular flexibility index (Phi) is 5.48. The highest BCUT2D eigenvalue weighted by Crippen LogP contribution is 2.25. The Morgan fingerprint density at radius 1 is 0.933 bits per heavy atom. The minimum absolute atomic E-state index is 0.0135. The van der Waals surface area contributed by atoms with Gasteiger partial charge in [0.2, 0.25) is 0 Å². The molecule has 0 aliphatic carbocycles. The zero-order valence-corrected chi connectivity index (χ0v) is 17.6. The van der Waals surface area contributed by atoms with Gasteiger partial charge in [-0.25, -0.2) is 0 Å². The van der Waals surface area contributed by atoms with Crippen LogP contribution < -0.4 is 10.2 Å². The van der Waals surface area contributed by atoms with Crippen molar-refractivity contribution in [3.63, 3.8) is 0 Å². The fraction of sp³-hybridized carbons (Fsp3) is 0.0417. The molecular weight excluding hydrogens is 416 g/mol. The maximum atomic E-state index is 13.1. The van der Waals surface area contributed by atoms with Gasteiger partial charge >= 0.3 is 0 Å². The first kappa shape index (κ1) is 20.0. The third-order valence-electron chi connectivity index (χ3n) is 4.77. The van der Waals surface area contributed by atoms with Crippen molar-refractivity contribution in [3.8, 4) is 11.1 Å². The summed E-state index contributed by atoms with van der Waals surface area (Å²) >= 11 is 11.2. The summed E-state index contributed by atoms with van der Waals surface area (Å²) in [7, 11) is 0. The molecule has 4 rings (SSSR count). The molecule has 2 amide bonds. The highest BCUT2D eigenvalue weighted by atomic mass is 35.5. The lowest BCUT2D eigenvalue weighted by molar-refractivity contribution is -0.122. The zero-order valence-electron chi connectivity index (χ0n) is 16.1. The number of hydrogen-bond acceptors (Lipinski definition) is 3. The van der Waals surface area contributed by atoms with Crippen LogP contribution in [-0.2, 0) is 9.59 Å². The van der Waals surface area contributed by atoms with Gasteiger partial charge in [-0.05, 0) is 72.2 Å². The number of amides is 2. The number of carbonyl (C=O) groups is 2. The van der Waals surface area contributed by atoms with Crippen molar-refractivity contribution in [2.45, 2.75) is 6.92 Å². The van der Waals surface area contributed by atoms with E-state index in [4.69, 9.17) is 23.8 Å². The largest absolute Gasteiger partial charge is 0.298 e. The van der Waals surface area contributed by atoms with Crippen molar-refractivity contribution in [1.29, 1.82) is 0 Å². The van der Waals surface area contributed by atoms with Crippen molar-refractivity contribution in [2.75, 3.05) is 4.90 Å². The molecule has 1 N–H and O–H groups in total. The van der Waals surface area contributed by atoms with E-state index in [1.807, 2.05) is 55.5 Å². The summed E-state index contributed by atoms with van der Waals surface area (Å²) in [5, 5.41) is 3.18. The van der Waals surface area contributed by atoms with Crippen LogP contribution in [0.25, 0.3) is 17.2 Å². The van der Waals surface area contributed by atoms with E-state index in [9.17, 15) is 9.59 Å². The van der Waals surface area contributed by atoms with Gasteiger partial charge in [-0.2, -0.15) is 0 Å². The lowest BCUT2D eigenvalue weighted by Gasteiger charge is -2.29. The number of hydrogen-bond donors (Lipinski definition) is 1. The molecule has 3 aromatic carbocycles. The molecule has 1 aliphatic rings. The number of thiocarbonyl (C=S) groups is 1. The van der Waals surface area contributed by atoms with E-state index in [0.717, 1.165) is 16.7 Å². The Hall–Kier alpha value is -3.28. The topological polar surface area (TPSA) is 49.4 Å². The van der Waals surface area contributed by atoms with Crippen LogP contribution in [0.15, 0.2) is 78.4 Å². The van der Waals surface area contributed by atoms with Gasteiger partial charge in [-0.1, -0.05) is 59.6 Å². The molecule has 0 spiro atoms. The van der Waals surface area contributed by atoms with Crippen LogP contribution in [-0.4, -0.2) is 16.9 Å². The van der Waals surface area contributed by atoms with E-state index in [0.29, 0.717) is 10.7 Å². The fourth-order valence-electron chi connectivity index (χ4n) is 3.20. The Balaban J connectivity index is 1.70. The van der Waals surface area contributed by atoms with Crippen molar-refractivity contribution in [2.24, 2.45) is 0 Å². The molecule has 148 valence electrons. The molecule has 4 nitrogen and oxygen atoms in total. The number of nitrogens with one attached hydrogen (secondary N) is 1. The number of rotatable bonds is 3. The molecule has 0 aromatic heterocycles. The number of benzene rings is 3. The van der Waals surface area contributed by atoms with Gasteiger partial charge in [-0.15, -0.1) is 0 Å². The first-order chi connectivity index (χ1) is 14.4. The Morgan fingerprint density at radius 2 is 1.63 bits per heavy atom. The van der Waals surface area contributed by atoms with E-state index in [1.165, 1.54) is 10.5 Å². The molecule has 0 bridgehead atoms. The molecular formula is C24H17ClN2O2S. The molecule has 1 fully saturated rings. The van der Waals surface area contributed by atoms with Crippen LogP contribution in [0.4, 0.5) is 5.69 Å². The van der Waals surface area contributed by atoms with Crippen LogP contribution in [0.2, 0.25) is 5.02 Å². The molecule has 0 radical (unpaired) electrons. The minimum atomic E-state index is -0.518. The SMILES string of the molecule is Cc1ccc(-c2cccc(/C=C3/C(=O)NC(=S)N(c4ccc(Cl)cc4)C3=O)c2)cc1. The van der Waals surface area contributed by atoms with Crippen molar-refractivity contribution < 1.29 is 9.59 Å². The van der Waals surface area contributed by atoms with E-state index in [1.54, 1.807) is 30.3 Å². The number of anilines is 1.